The molecule has 0 amide bonds. The van der Waals surface area contributed by atoms with Crippen LogP contribution in [0.4, 0.5) is 4.39 Å². The van der Waals surface area contributed by atoms with E-state index >= 15 is 0 Å². The summed E-state index contributed by atoms with van der Waals surface area (Å²) >= 11 is 0. The summed E-state index contributed by atoms with van der Waals surface area (Å²) in [6, 6.07) is 17.5. The lowest BCUT2D eigenvalue weighted by Gasteiger charge is -2.33. The minimum absolute atomic E-state index is 0.211. The van der Waals surface area contributed by atoms with Gasteiger partial charge >= 0.3 is 0 Å². The van der Waals surface area contributed by atoms with Crippen LogP contribution in [0.15, 0.2) is 120 Å². The van der Waals surface area contributed by atoms with Crippen molar-refractivity contribution in [1.82, 2.24) is 0 Å². The SMILES string of the molecule is C=C/C(F)=C\C=C\C1=C(c2cccc(O)c2)C2CC=C(OCc3ccccc3)C=C2CC1. The topological polar surface area (TPSA) is 29.5 Å². The molecule has 1 atom stereocenters. The molecule has 0 saturated carbocycles. The summed E-state index contributed by atoms with van der Waals surface area (Å²) < 4.78 is 19.5. The van der Waals surface area contributed by atoms with Crippen LogP contribution in [-0.4, -0.2) is 5.11 Å². The Kier molecular flexibility index (Phi) is 6.86. The summed E-state index contributed by atoms with van der Waals surface area (Å²) in [4.78, 5) is 0. The van der Waals surface area contributed by atoms with Crippen LogP contribution in [0, 0.1) is 5.92 Å². The number of ether oxygens (including phenoxy) is 1. The van der Waals surface area contributed by atoms with Gasteiger partial charge in [-0.05, 0) is 78.0 Å². The third-order valence-electron chi connectivity index (χ3n) is 5.86. The minimum atomic E-state index is -0.363. The van der Waals surface area contributed by atoms with E-state index in [1.54, 1.807) is 18.2 Å². The number of allylic oxidation sites excluding steroid dienone is 10. The van der Waals surface area contributed by atoms with Crippen LogP contribution in [0.5, 0.6) is 5.75 Å². The Balaban J connectivity index is 1.61. The number of hydrogen-bond donors (Lipinski definition) is 1. The van der Waals surface area contributed by atoms with Crippen molar-refractivity contribution in [2.45, 2.75) is 25.9 Å². The van der Waals surface area contributed by atoms with Crippen molar-refractivity contribution in [2.24, 2.45) is 5.92 Å². The molecule has 0 aromatic heterocycles. The van der Waals surface area contributed by atoms with Gasteiger partial charge in [-0.15, -0.1) is 0 Å². The van der Waals surface area contributed by atoms with E-state index in [9.17, 15) is 9.50 Å². The normalized spacial score (nSPS) is 18.8. The first-order valence-electron chi connectivity index (χ1n) is 10.9. The summed E-state index contributed by atoms with van der Waals surface area (Å²) in [6.07, 6.45) is 13.2. The summed E-state index contributed by atoms with van der Waals surface area (Å²) in [7, 11) is 0. The third-order valence-corrected chi connectivity index (χ3v) is 5.86. The second-order valence-corrected chi connectivity index (χ2v) is 7.99. The average molecular weight is 427 g/mol. The molecule has 3 heteroatoms. The maximum atomic E-state index is 13.5. The Morgan fingerprint density at radius 2 is 1.97 bits per heavy atom. The molecule has 2 aliphatic carbocycles. The summed E-state index contributed by atoms with van der Waals surface area (Å²) in [5.41, 5.74) is 5.81. The number of halogens is 1. The van der Waals surface area contributed by atoms with Gasteiger partial charge in [0.2, 0.25) is 0 Å². The van der Waals surface area contributed by atoms with Crippen LogP contribution in [0.1, 0.15) is 30.4 Å². The maximum Gasteiger partial charge on any atom is 0.122 e. The van der Waals surface area contributed by atoms with E-state index in [1.165, 1.54) is 23.3 Å². The van der Waals surface area contributed by atoms with E-state index in [0.717, 1.165) is 41.7 Å². The zero-order chi connectivity index (χ0) is 22.3. The first-order chi connectivity index (χ1) is 15.6. The van der Waals surface area contributed by atoms with Crippen molar-refractivity contribution in [3.8, 4) is 5.75 Å². The number of phenols is 1. The predicted octanol–water partition coefficient (Wildman–Crippen LogP) is 7.58. The zero-order valence-corrected chi connectivity index (χ0v) is 18.0. The number of benzene rings is 2. The molecule has 2 aliphatic rings. The van der Waals surface area contributed by atoms with Crippen LogP contribution in [0.25, 0.3) is 5.57 Å². The van der Waals surface area contributed by atoms with Gasteiger partial charge in [-0.25, -0.2) is 4.39 Å². The van der Waals surface area contributed by atoms with Gasteiger partial charge in [-0.3, -0.25) is 0 Å². The van der Waals surface area contributed by atoms with Crippen LogP contribution < -0.4 is 0 Å². The van der Waals surface area contributed by atoms with Crippen molar-refractivity contribution < 1.29 is 14.2 Å². The molecule has 2 aromatic carbocycles. The molecule has 2 aromatic rings. The lowest BCUT2D eigenvalue weighted by atomic mass is 9.72. The Hall–Kier alpha value is -3.59. The standard InChI is InChI=1S/C29H27FO2/c1-2-25(30)12-6-10-22-14-15-23-19-27(32-20-21-8-4-3-5-9-21)16-17-28(23)29(22)24-11-7-13-26(31)18-24/h2-13,16,18-19,28,31H,1,14-15,17,20H2/b10-6+,25-12+. The fraction of sp³-hybridized carbons (Fsp3) is 0.172. The van der Waals surface area contributed by atoms with Crippen molar-refractivity contribution >= 4 is 5.57 Å². The number of hydrogen-bond acceptors (Lipinski definition) is 2. The summed E-state index contributed by atoms with van der Waals surface area (Å²) in [6.45, 7) is 4.00. The van der Waals surface area contributed by atoms with E-state index in [2.05, 4.69) is 30.9 Å². The summed E-state index contributed by atoms with van der Waals surface area (Å²) in [5.74, 6) is 0.996. The molecule has 0 spiro atoms. The lowest BCUT2D eigenvalue weighted by Crippen LogP contribution is -2.17. The first kappa shape index (κ1) is 21.6. The summed E-state index contributed by atoms with van der Waals surface area (Å²) in [5, 5.41) is 10.1. The smallest absolute Gasteiger partial charge is 0.122 e. The number of rotatable bonds is 7. The van der Waals surface area contributed by atoms with E-state index in [4.69, 9.17) is 4.74 Å². The van der Waals surface area contributed by atoms with Gasteiger partial charge < -0.3 is 9.84 Å². The monoisotopic (exact) mass is 426 g/mol. The van der Waals surface area contributed by atoms with Crippen LogP contribution in [-0.2, 0) is 11.3 Å². The highest BCUT2D eigenvalue weighted by atomic mass is 19.1. The van der Waals surface area contributed by atoms with E-state index in [0.29, 0.717) is 6.61 Å². The number of fused-ring (bicyclic) bond motifs is 1. The molecule has 0 aliphatic heterocycles. The molecule has 4 rings (SSSR count). The molecule has 1 unspecified atom stereocenters. The molecule has 32 heavy (non-hydrogen) atoms. The second kappa shape index (κ2) is 10.1. The zero-order valence-electron chi connectivity index (χ0n) is 18.0. The van der Waals surface area contributed by atoms with Gasteiger partial charge in [0.25, 0.3) is 0 Å². The van der Waals surface area contributed by atoms with Crippen molar-refractivity contribution in [1.29, 1.82) is 0 Å². The van der Waals surface area contributed by atoms with E-state index in [-0.39, 0.29) is 17.5 Å². The van der Waals surface area contributed by atoms with Crippen LogP contribution in [0.2, 0.25) is 0 Å². The molecule has 162 valence electrons. The number of phenolic OH excluding ortho intramolecular Hbond substituents is 1. The van der Waals surface area contributed by atoms with Gasteiger partial charge in [0, 0.05) is 5.92 Å². The Bertz CT molecular complexity index is 1130. The average Bonchev–Trinajstić information content (AvgIpc) is 2.83. The fourth-order valence-corrected chi connectivity index (χ4v) is 4.31. The Labute approximate surface area is 189 Å². The van der Waals surface area contributed by atoms with Crippen molar-refractivity contribution in [3.05, 3.63) is 131 Å². The van der Waals surface area contributed by atoms with Gasteiger partial charge in [0.15, 0.2) is 0 Å². The molecule has 0 saturated heterocycles. The highest BCUT2D eigenvalue weighted by molar-refractivity contribution is 5.77. The van der Waals surface area contributed by atoms with Crippen LogP contribution >= 0.6 is 0 Å². The molecular formula is C29H27FO2. The van der Waals surface area contributed by atoms with Gasteiger partial charge in [0.1, 0.15) is 23.9 Å². The highest BCUT2D eigenvalue weighted by Gasteiger charge is 2.29. The number of aromatic hydroxyl groups is 1. The van der Waals surface area contributed by atoms with Gasteiger partial charge in [-0.1, -0.05) is 66.8 Å². The molecule has 0 bridgehead atoms. The molecule has 2 nitrogen and oxygen atoms in total. The maximum absolute atomic E-state index is 13.5. The Morgan fingerprint density at radius 3 is 2.75 bits per heavy atom. The first-order valence-corrected chi connectivity index (χ1v) is 10.9. The fourth-order valence-electron chi connectivity index (χ4n) is 4.31. The largest absolute Gasteiger partial charge is 0.508 e. The van der Waals surface area contributed by atoms with Crippen molar-refractivity contribution in [3.63, 3.8) is 0 Å². The quantitative estimate of drug-likeness (QED) is 0.462. The van der Waals surface area contributed by atoms with Gasteiger partial charge in [0.05, 0.1) is 0 Å². The molecule has 1 N–H and O–H groups in total. The lowest BCUT2D eigenvalue weighted by molar-refractivity contribution is 0.207. The van der Waals surface area contributed by atoms with Crippen LogP contribution in [0.3, 0.4) is 0 Å². The highest BCUT2D eigenvalue weighted by Crippen LogP contribution is 2.45. The minimum Gasteiger partial charge on any atom is -0.508 e. The molecule has 0 fully saturated rings. The molecule has 0 radical (unpaired) electrons. The molecule has 0 heterocycles. The van der Waals surface area contributed by atoms with Crippen molar-refractivity contribution in [2.75, 3.05) is 0 Å². The molecular weight excluding hydrogens is 399 g/mol. The predicted molar refractivity (Wildman–Crippen MR) is 128 cm³/mol. The second-order valence-electron chi connectivity index (χ2n) is 7.99. The van der Waals surface area contributed by atoms with E-state index < -0.39 is 0 Å². The Morgan fingerprint density at radius 1 is 1.12 bits per heavy atom. The van der Waals surface area contributed by atoms with E-state index in [1.807, 2.05) is 36.4 Å². The van der Waals surface area contributed by atoms with Gasteiger partial charge in [-0.2, -0.15) is 0 Å². The third kappa shape index (κ3) is 5.17.